The lowest BCUT2D eigenvalue weighted by atomic mass is 10.1. The molecule has 0 aliphatic rings. The van der Waals surface area contributed by atoms with Crippen LogP contribution < -0.4 is 5.43 Å². The van der Waals surface area contributed by atoms with Gasteiger partial charge < -0.3 is 0 Å². The summed E-state index contributed by atoms with van der Waals surface area (Å²) in [5, 5.41) is 25.7. The fourth-order valence-corrected chi connectivity index (χ4v) is 2.42. The molecule has 0 unspecified atom stereocenters. The van der Waals surface area contributed by atoms with E-state index in [0.29, 0.717) is 5.56 Å². The zero-order valence-corrected chi connectivity index (χ0v) is 14.7. The van der Waals surface area contributed by atoms with Gasteiger partial charge in [-0.2, -0.15) is 5.10 Å². The molecule has 134 valence electrons. The van der Waals surface area contributed by atoms with Crippen LogP contribution in [-0.4, -0.2) is 20.3 Å². The average Bonchev–Trinajstić information content (AvgIpc) is 2.58. The molecule has 26 heavy (non-hydrogen) atoms. The second-order valence-electron chi connectivity index (χ2n) is 4.99. The van der Waals surface area contributed by atoms with E-state index < -0.39 is 32.8 Å². The predicted molar refractivity (Wildman–Crippen MR) is 95.2 cm³/mol. The number of anilines is 1. The third-order valence-electron chi connectivity index (χ3n) is 3.29. The number of halogens is 2. The number of nitro benzene ring substituents is 2. The summed E-state index contributed by atoms with van der Waals surface area (Å²) in [6, 6.07) is 6.99. The van der Waals surface area contributed by atoms with E-state index in [2.05, 4.69) is 26.5 Å². The predicted octanol–water partition coefficient (Wildman–Crippen LogP) is 3.95. The molecule has 0 saturated heterocycles. The summed E-state index contributed by atoms with van der Waals surface area (Å²) in [6.07, 6.45) is 0. The van der Waals surface area contributed by atoms with Crippen molar-refractivity contribution in [3.05, 3.63) is 73.6 Å². The summed E-state index contributed by atoms with van der Waals surface area (Å²) in [7, 11) is 0. The minimum Gasteiger partial charge on any atom is -0.286 e. The number of nitrogens with zero attached hydrogens (tertiary/aromatic N) is 3. The molecule has 0 saturated carbocycles. The van der Waals surface area contributed by atoms with Crippen LogP contribution in [-0.2, 0) is 0 Å². The first kappa shape index (κ1) is 19.1. The van der Waals surface area contributed by atoms with Crippen molar-refractivity contribution in [1.29, 1.82) is 0 Å². The number of Topliss-reactive ketones (excluding diaryl/α,β-unsaturated/α-hetero) is 1. The lowest BCUT2D eigenvalue weighted by molar-refractivity contribution is -0.421. The highest BCUT2D eigenvalue weighted by Gasteiger charge is 2.28. The van der Waals surface area contributed by atoms with Gasteiger partial charge in [-0.3, -0.25) is 30.4 Å². The van der Waals surface area contributed by atoms with E-state index in [1.807, 2.05) is 0 Å². The van der Waals surface area contributed by atoms with E-state index in [1.54, 1.807) is 0 Å². The van der Waals surface area contributed by atoms with Crippen molar-refractivity contribution in [3.63, 3.8) is 0 Å². The first-order chi connectivity index (χ1) is 12.2. The van der Waals surface area contributed by atoms with Gasteiger partial charge in [0, 0.05) is 11.6 Å². The van der Waals surface area contributed by atoms with Crippen molar-refractivity contribution in [1.82, 2.24) is 0 Å². The smallest absolute Gasteiger partial charge is 0.286 e. The quantitative estimate of drug-likeness (QED) is 0.323. The Balaban J connectivity index is 2.34. The van der Waals surface area contributed by atoms with Crippen molar-refractivity contribution in [2.24, 2.45) is 5.10 Å². The number of nitrogens with one attached hydrogen (secondary N) is 1. The summed E-state index contributed by atoms with van der Waals surface area (Å²) < 4.78 is 12.9. The Morgan fingerprint density at radius 2 is 1.88 bits per heavy atom. The normalized spacial score (nSPS) is 11.1. The summed E-state index contributed by atoms with van der Waals surface area (Å²) in [6.45, 7) is 1.54. The number of benzene rings is 2. The topological polar surface area (TPSA) is 128 Å². The largest absolute Gasteiger partial charge is 0.370 e. The molecule has 0 bridgehead atoms. The third-order valence-corrected chi connectivity index (χ3v) is 3.83. The standard InChI is InChI=1S/C15H10BrFN4O5/c1-8-7-9(17)5-6-10(8)14(22)15(16)19-18-11-3-2-4-12(20(23)24)13(11)21(25)26/h2-7,18H,1H3/b19-15+. The SMILES string of the molecule is Cc1cc(F)ccc1C(=O)/C(Br)=N\Nc1cccc([N+](=O)[O-])c1[N+](=O)[O-]. The maximum absolute atomic E-state index is 13.1. The molecule has 9 nitrogen and oxygen atoms in total. The molecule has 2 rings (SSSR count). The second-order valence-corrected chi connectivity index (χ2v) is 5.74. The van der Waals surface area contributed by atoms with Gasteiger partial charge in [0.1, 0.15) is 11.5 Å². The molecule has 0 fully saturated rings. The lowest BCUT2D eigenvalue weighted by Crippen LogP contribution is -2.12. The first-order valence-corrected chi connectivity index (χ1v) is 7.73. The van der Waals surface area contributed by atoms with Gasteiger partial charge in [0.05, 0.1) is 9.85 Å². The van der Waals surface area contributed by atoms with E-state index >= 15 is 0 Å². The molecule has 0 aliphatic heterocycles. The third kappa shape index (κ3) is 4.06. The van der Waals surface area contributed by atoms with Crippen LogP contribution in [0.25, 0.3) is 0 Å². The maximum atomic E-state index is 13.1. The van der Waals surface area contributed by atoms with Crippen LogP contribution in [0.3, 0.4) is 0 Å². The van der Waals surface area contributed by atoms with E-state index in [0.717, 1.165) is 12.1 Å². The van der Waals surface area contributed by atoms with Crippen LogP contribution in [0.1, 0.15) is 15.9 Å². The minimum absolute atomic E-state index is 0.178. The number of rotatable bonds is 6. The Kier molecular flexibility index (Phi) is 5.72. The Hall–Kier alpha value is -3.21. The summed E-state index contributed by atoms with van der Waals surface area (Å²) in [5.74, 6) is -1.10. The van der Waals surface area contributed by atoms with Gasteiger partial charge in [-0.05, 0) is 52.7 Å². The number of hydrogen-bond acceptors (Lipinski definition) is 7. The maximum Gasteiger partial charge on any atom is 0.370 e. The molecule has 0 atom stereocenters. The van der Waals surface area contributed by atoms with Crippen LogP contribution in [0.15, 0.2) is 41.5 Å². The van der Waals surface area contributed by atoms with Gasteiger partial charge in [0.2, 0.25) is 5.78 Å². The van der Waals surface area contributed by atoms with Crippen molar-refractivity contribution < 1.29 is 19.0 Å². The van der Waals surface area contributed by atoms with Gasteiger partial charge in [0.25, 0.3) is 0 Å². The van der Waals surface area contributed by atoms with Crippen molar-refractivity contribution in [3.8, 4) is 0 Å². The fraction of sp³-hybridized carbons (Fsp3) is 0.0667. The van der Waals surface area contributed by atoms with Crippen molar-refractivity contribution >= 4 is 43.4 Å². The number of carbonyl (C=O) groups is 1. The highest BCUT2D eigenvalue weighted by atomic mass is 79.9. The van der Waals surface area contributed by atoms with Gasteiger partial charge in [0.15, 0.2) is 4.62 Å². The number of hydrogen-bond donors (Lipinski definition) is 1. The molecule has 0 spiro atoms. The molecule has 0 radical (unpaired) electrons. The van der Waals surface area contributed by atoms with E-state index in [1.165, 1.54) is 31.2 Å². The van der Waals surface area contributed by atoms with Crippen LogP contribution in [0.4, 0.5) is 21.5 Å². The number of carbonyl (C=O) groups excluding carboxylic acids is 1. The van der Waals surface area contributed by atoms with Crippen LogP contribution in [0.2, 0.25) is 0 Å². The minimum atomic E-state index is -0.921. The Labute approximate surface area is 153 Å². The van der Waals surface area contributed by atoms with E-state index in [9.17, 15) is 29.4 Å². The molecule has 1 N–H and O–H groups in total. The van der Waals surface area contributed by atoms with Gasteiger partial charge in [-0.25, -0.2) is 4.39 Å². The number of ketones is 1. The molecule has 0 amide bonds. The van der Waals surface area contributed by atoms with E-state index in [4.69, 9.17) is 0 Å². The highest BCUT2D eigenvalue weighted by molar-refractivity contribution is 9.19. The van der Waals surface area contributed by atoms with Crippen molar-refractivity contribution in [2.45, 2.75) is 6.92 Å². The first-order valence-electron chi connectivity index (χ1n) is 6.94. The molecule has 11 heteroatoms. The van der Waals surface area contributed by atoms with E-state index in [-0.39, 0.29) is 15.9 Å². The monoisotopic (exact) mass is 424 g/mol. The molecule has 2 aromatic carbocycles. The number of para-hydroxylation sites is 1. The Morgan fingerprint density at radius 3 is 2.46 bits per heavy atom. The van der Waals surface area contributed by atoms with Crippen LogP contribution in [0, 0.1) is 33.0 Å². The Bertz CT molecular complexity index is 948. The molecular weight excluding hydrogens is 415 g/mol. The van der Waals surface area contributed by atoms with Gasteiger partial charge in [-0.15, -0.1) is 0 Å². The number of aryl methyl sites for hydroxylation is 1. The molecule has 2 aromatic rings. The Morgan fingerprint density at radius 1 is 1.19 bits per heavy atom. The van der Waals surface area contributed by atoms with Crippen LogP contribution in [0.5, 0.6) is 0 Å². The molecule has 0 heterocycles. The zero-order valence-electron chi connectivity index (χ0n) is 13.1. The van der Waals surface area contributed by atoms with Crippen LogP contribution >= 0.6 is 15.9 Å². The number of hydrazone groups is 1. The fourth-order valence-electron chi connectivity index (χ4n) is 2.11. The van der Waals surface area contributed by atoms with Gasteiger partial charge in [-0.1, -0.05) is 6.07 Å². The number of nitro groups is 2. The average molecular weight is 425 g/mol. The van der Waals surface area contributed by atoms with Gasteiger partial charge >= 0.3 is 11.4 Å². The second kappa shape index (κ2) is 7.78. The summed E-state index contributed by atoms with van der Waals surface area (Å²) in [5.41, 5.74) is 1.07. The molecular formula is C15H10BrFN4O5. The summed E-state index contributed by atoms with van der Waals surface area (Å²) >= 11 is 2.94. The molecule has 0 aromatic heterocycles. The van der Waals surface area contributed by atoms with Crippen molar-refractivity contribution in [2.75, 3.05) is 5.43 Å². The lowest BCUT2D eigenvalue weighted by Gasteiger charge is -2.05. The zero-order chi connectivity index (χ0) is 19.4. The highest BCUT2D eigenvalue weighted by Crippen LogP contribution is 2.34. The summed E-state index contributed by atoms with van der Waals surface area (Å²) in [4.78, 5) is 32.5. The molecule has 0 aliphatic carbocycles.